The van der Waals surface area contributed by atoms with Gasteiger partial charge in [-0.15, -0.1) is 0 Å². The first-order valence-electron chi connectivity index (χ1n) is 5.64. The Morgan fingerprint density at radius 2 is 2.28 bits per heavy atom. The van der Waals surface area contributed by atoms with Gasteiger partial charge in [-0.1, -0.05) is 6.42 Å². The minimum absolute atomic E-state index is 0.0565. The quantitative estimate of drug-likeness (QED) is 0.801. The van der Waals surface area contributed by atoms with Crippen molar-refractivity contribution in [3.05, 3.63) is 12.4 Å². The number of aromatic nitrogens is 2. The molecule has 0 bridgehead atoms. The van der Waals surface area contributed by atoms with Crippen LogP contribution < -0.4 is 4.72 Å². The van der Waals surface area contributed by atoms with E-state index in [1.807, 2.05) is 0 Å². The van der Waals surface area contributed by atoms with Gasteiger partial charge in [-0.3, -0.25) is 9.48 Å². The Labute approximate surface area is 105 Å². The third kappa shape index (κ3) is 2.54. The summed E-state index contributed by atoms with van der Waals surface area (Å²) in [5.74, 6) is -1.59. The summed E-state index contributed by atoms with van der Waals surface area (Å²) in [5, 5.41) is 12.8. The van der Waals surface area contributed by atoms with Gasteiger partial charge in [0, 0.05) is 19.3 Å². The molecule has 1 aliphatic rings. The van der Waals surface area contributed by atoms with Crippen LogP contribution in [0.2, 0.25) is 0 Å². The van der Waals surface area contributed by atoms with E-state index < -0.39 is 28.0 Å². The standard InChI is InChI=1S/C10H15N3O4S/c1-13-6-7(5-11-13)18(16,17)12-9-4-2-3-8(9)10(14)15/h5-6,8-9,12H,2-4H2,1H3,(H,14,15). The zero-order valence-electron chi connectivity index (χ0n) is 9.91. The number of rotatable bonds is 4. The predicted octanol–water partition coefficient (Wildman–Crippen LogP) is -0.0483. The summed E-state index contributed by atoms with van der Waals surface area (Å²) in [5.41, 5.74) is 0. The number of sulfonamides is 1. The summed E-state index contributed by atoms with van der Waals surface area (Å²) in [6.07, 6.45) is 4.41. The Bertz CT molecular complexity index is 551. The highest BCUT2D eigenvalue weighted by molar-refractivity contribution is 7.89. The molecule has 0 amide bonds. The van der Waals surface area contributed by atoms with E-state index in [4.69, 9.17) is 5.11 Å². The summed E-state index contributed by atoms with van der Waals surface area (Å²) < 4.78 is 27.9. The first-order valence-corrected chi connectivity index (χ1v) is 7.12. The minimum atomic E-state index is -3.69. The lowest BCUT2D eigenvalue weighted by Gasteiger charge is -2.16. The van der Waals surface area contributed by atoms with Crippen molar-refractivity contribution in [1.29, 1.82) is 0 Å². The van der Waals surface area contributed by atoms with Gasteiger partial charge in [0.2, 0.25) is 10.0 Å². The van der Waals surface area contributed by atoms with Crippen LogP contribution in [0, 0.1) is 5.92 Å². The summed E-state index contributed by atoms with van der Waals surface area (Å²) in [4.78, 5) is 11.0. The third-order valence-corrected chi connectivity index (χ3v) is 4.58. The minimum Gasteiger partial charge on any atom is -0.481 e. The highest BCUT2D eigenvalue weighted by Crippen LogP contribution is 2.27. The van der Waals surface area contributed by atoms with Gasteiger partial charge in [0.1, 0.15) is 4.90 Å². The van der Waals surface area contributed by atoms with Gasteiger partial charge >= 0.3 is 5.97 Å². The Kier molecular flexibility index (Phi) is 3.40. The lowest BCUT2D eigenvalue weighted by atomic mass is 10.1. The van der Waals surface area contributed by atoms with Crippen molar-refractivity contribution in [2.75, 3.05) is 0 Å². The molecule has 100 valence electrons. The van der Waals surface area contributed by atoms with Gasteiger partial charge in [0.05, 0.1) is 12.1 Å². The second kappa shape index (κ2) is 4.69. The summed E-state index contributed by atoms with van der Waals surface area (Å²) in [7, 11) is -2.07. The highest BCUT2D eigenvalue weighted by atomic mass is 32.2. The molecular weight excluding hydrogens is 258 g/mol. The van der Waals surface area contributed by atoms with Crippen LogP contribution in [0.3, 0.4) is 0 Å². The van der Waals surface area contributed by atoms with Crippen LogP contribution in [0.25, 0.3) is 0 Å². The van der Waals surface area contributed by atoms with Gasteiger partial charge < -0.3 is 5.11 Å². The van der Waals surface area contributed by atoms with Crippen LogP contribution in [0.5, 0.6) is 0 Å². The number of aliphatic carboxylic acids is 1. The molecule has 0 aromatic carbocycles. The molecule has 1 aromatic heterocycles. The zero-order valence-corrected chi connectivity index (χ0v) is 10.7. The molecule has 0 spiro atoms. The Morgan fingerprint density at radius 3 is 2.83 bits per heavy atom. The van der Waals surface area contributed by atoms with Crippen molar-refractivity contribution < 1.29 is 18.3 Å². The Balaban J connectivity index is 2.16. The molecule has 7 nitrogen and oxygen atoms in total. The second-order valence-corrected chi connectivity index (χ2v) is 6.17. The number of carboxylic acid groups (broad SMARTS) is 1. The smallest absolute Gasteiger partial charge is 0.308 e. The maximum atomic E-state index is 12.0. The fourth-order valence-corrected chi connectivity index (χ4v) is 3.50. The zero-order chi connectivity index (χ0) is 13.3. The maximum absolute atomic E-state index is 12.0. The molecule has 0 radical (unpaired) electrons. The third-order valence-electron chi connectivity index (χ3n) is 3.13. The number of aryl methyl sites for hydroxylation is 1. The molecule has 1 fully saturated rings. The molecule has 2 N–H and O–H groups in total. The van der Waals surface area contributed by atoms with Crippen molar-refractivity contribution in [2.45, 2.75) is 30.2 Å². The molecule has 8 heteroatoms. The van der Waals surface area contributed by atoms with Gasteiger partial charge in [-0.25, -0.2) is 13.1 Å². The average molecular weight is 273 g/mol. The number of hydrogen-bond acceptors (Lipinski definition) is 4. The topological polar surface area (TPSA) is 101 Å². The van der Waals surface area contributed by atoms with Crippen molar-refractivity contribution in [3.8, 4) is 0 Å². The van der Waals surface area contributed by atoms with Crippen LogP contribution in [0.15, 0.2) is 17.3 Å². The Hall–Kier alpha value is -1.41. The molecule has 1 saturated carbocycles. The lowest BCUT2D eigenvalue weighted by molar-refractivity contribution is -0.141. The normalized spacial score (nSPS) is 24.3. The molecule has 0 saturated heterocycles. The number of nitrogens with one attached hydrogen (secondary N) is 1. The van der Waals surface area contributed by atoms with E-state index in [0.29, 0.717) is 12.8 Å². The molecule has 1 aliphatic carbocycles. The van der Waals surface area contributed by atoms with E-state index in [-0.39, 0.29) is 4.90 Å². The van der Waals surface area contributed by atoms with Crippen molar-refractivity contribution in [3.63, 3.8) is 0 Å². The monoisotopic (exact) mass is 273 g/mol. The van der Waals surface area contributed by atoms with Crippen LogP contribution in [-0.2, 0) is 21.9 Å². The van der Waals surface area contributed by atoms with Crippen LogP contribution >= 0.6 is 0 Å². The van der Waals surface area contributed by atoms with Crippen molar-refractivity contribution in [2.24, 2.45) is 13.0 Å². The summed E-state index contributed by atoms with van der Waals surface area (Å²) in [6.45, 7) is 0. The highest BCUT2D eigenvalue weighted by Gasteiger charge is 2.36. The fourth-order valence-electron chi connectivity index (χ4n) is 2.20. The van der Waals surface area contributed by atoms with Crippen molar-refractivity contribution >= 4 is 16.0 Å². The molecule has 1 aromatic rings. The van der Waals surface area contributed by atoms with E-state index >= 15 is 0 Å². The molecule has 2 rings (SSSR count). The first kappa shape index (κ1) is 13.0. The van der Waals surface area contributed by atoms with Crippen LogP contribution in [0.4, 0.5) is 0 Å². The van der Waals surface area contributed by atoms with Crippen LogP contribution in [0.1, 0.15) is 19.3 Å². The summed E-state index contributed by atoms with van der Waals surface area (Å²) in [6, 6.07) is -0.535. The largest absolute Gasteiger partial charge is 0.481 e. The van der Waals surface area contributed by atoms with E-state index in [9.17, 15) is 13.2 Å². The number of hydrogen-bond donors (Lipinski definition) is 2. The molecule has 1 heterocycles. The Morgan fingerprint density at radius 1 is 1.56 bits per heavy atom. The maximum Gasteiger partial charge on any atom is 0.308 e. The fraction of sp³-hybridized carbons (Fsp3) is 0.600. The van der Waals surface area contributed by atoms with E-state index in [1.54, 1.807) is 7.05 Å². The average Bonchev–Trinajstić information content (AvgIpc) is 2.86. The van der Waals surface area contributed by atoms with Crippen molar-refractivity contribution in [1.82, 2.24) is 14.5 Å². The first-order chi connectivity index (χ1) is 8.40. The van der Waals surface area contributed by atoms with E-state index in [1.165, 1.54) is 17.1 Å². The molecule has 2 unspecified atom stereocenters. The summed E-state index contributed by atoms with van der Waals surface area (Å²) >= 11 is 0. The predicted molar refractivity (Wildman–Crippen MR) is 62.3 cm³/mol. The lowest BCUT2D eigenvalue weighted by Crippen LogP contribution is -2.40. The second-order valence-electron chi connectivity index (χ2n) is 4.45. The van der Waals surface area contributed by atoms with Gasteiger partial charge in [-0.2, -0.15) is 5.10 Å². The van der Waals surface area contributed by atoms with Gasteiger partial charge in [0.25, 0.3) is 0 Å². The number of nitrogens with zero attached hydrogens (tertiary/aromatic N) is 2. The van der Waals surface area contributed by atoms with Gasteiger partial charge in [0.15, 0.2) is 0 Å². The molecule has 18 heavy (non-hydrogen) atoms. The van der Waals surface area contributed by atoms with Gasteiger partial charge in [-0.05, 0) is 12.8 Å². The molecule has 2 atom stereocenters. The molecule has 0 aliphatic heterocycles. The molecular formula is C10H15N3O4S. The van der Waals surface area contributed by atoms with E-state index in [2.05, 4.69) is 9.82 Å². The SMILES string of the molecule is Cn1cc(S(=O)(=O)NC2CCCC2C(=O)O)cn1. The van der Waals surface area contributed by atoms with Crippen LogP contribution in [-0.4, -0.2) is 35.3 Å². The van der Waals surface area contributed by atoms with E-state index in [0.717, 1.165) is 6.42 Å². The number of carboxylic acids is 1. The number of carbonyl (C=O) groups is 1.